The summed E-state index contributed by atoms with van der Waals surface area (Å²) in [7, 11) is 0. The molecule has 0 fully saturated rings. The lowest BCUT2D eigenvalue weighted by atomic mass is 9.96. The third-order valence-electron chi connectivity index (χ3n) is 3.75. The van der Waals surface area contributed by atoms with Gasteiger partial charge in [0.15, 0.2) is 0 Å². The topological polar surface area (TPSA) is 55.9 Å². The van der Waals surface area contributed by atoms with Crippen LogP contribution in [0.25, 0.3) is 0 Å². The minimum absolute atomic E-state index is 0.249. The number of aromatic nitrogens is 2. The Hall–Kier alpha value is -0.580. The van der Waals surface area contributed by atoms with Gasteiger partial charge in [0.05, 0.1) is 16.4 Å². The number of hydrogen-bond donors (Lipinski definition) is 2. The molecule has 4 nitrogen and oxygen atoms in total. The zero-order valence-electron chi connectivity index (χ0n) is 12.5. The Bertz CT molecular complexity index is 389. The van der Waals surface area contributed by atoms with Crippen LogP contribution in [0, 0.1) is 5.92 Å². The molecule has 0 amide bonds. The molecule has 0 saturated carbocycles. The molecule has 0 aliphatic heterocycles. The van der Waals surface area contributed by atoms with Crippen LogP contribution in [-0.2, 0) is 19.4 Å². The van der Waals surface area contributed by atoms with E-state index >= 15 is 0 Å². The van der Waals surface area contributed by atoms with E-state index in [1.807, 2.05) is 4.68 Å². The number of rotatable bonds is 8. The van der Waals surface area contributed by atoms with Crippen LogP contribution >= 0.6 is 11.6 Å². The van der Waals surface area contributed by atoms with Crippen molar-refractivity contribution in [2.75, 3.05) is 0 Å². The number of nitrogens with zero attached hydrogens (tertiary/aromatic N) is 2. The Morgan fingerprint density at radius 1 is 1.37 bits per heavy atom. The van der Waals surface area contributed by atoms with Gasteiger partial charge in [0.25, 0.3) is 0 Å². The van der Waals surface area contributed by atoms with Gasteiger partial charge >= 0.3 is 0 Å². The molecule has 0 aliphatic carbocycles. The van der Waals surface area contributed by atoms with Crippen LogP contribution in [0.4, 0.5) is 0 Å². The van der Waals surface area contributed by atoms with Crippen molar-refractivity contribution in [1.29, 1.82) is 0 Å². The maximum atomic E-state index is 6.43. The first-order valence-electron chi connectivity index (χ1n) is 7.27. The van der Waals surface area contributed by atoms with Crippen molar-refractivity contribution in [2.45, 2.75) is 66.0 Å². The quantitative estimate of drug-likeness (QED) is 0.571. The lowest BCUT2D eigenvalue weighted by molar-refractivity contribution is 0.389. The van der Waals surface area contributed by atoms with Gasteiger partial charge in [-0.2, -0.15) is 5.10 Å². The molecule has 19 heavy (non-hydrogen) atoms. The third-order valence-corrected chi connectivity index (χ3v) is 4.19. The average molecular weight is 287 g/mol. The van der Waals surface area contributed by atoms with E-state index in [1.165, 1.54) is 6.42 Å². The largest absolute Gasteiger partial charge is 0.271 e. The molecule has 0 aromatic carbocycles. The molecule has 1 aromatic heterocycles. The van der Waals surface area contributed by atoms with Crippen molar-refractivity contribution in [3.8, 4) is 0 Å². The van der Waals surface area contributed by atoms with E-state index < -0.39 is 0 Å². The van der Waals surface area contributed by atoms with Crippen LogP contribution in [0.5, 0.6) is 0 Å². The average Bonchev–Trinajstić information content (AvgIpc) is 2.73. The standard InChI is InChI=1S/C14H27ClN4/c1-5-10(4)8-11(17-16)9-13-14(15)12(6-2)18-19(13)7-3/h10-11,17H,5-9,16H2,1-4H3. The highest BCUT2D eigenvalue weighted by atomic mass is 35.5. The van der Waals surface area contributed by atoms with Crippen LogP contribution in [0.2, 0.25) is 5.02 Å². The molecule has 1 heterocycles. The highest BCUT2D eigenvalue weighted by Gasteiger charge is 2.19. The van der Waals surface area contributed by atoms with Gasteiger partial charge in [0.2, 0.25) is 0 Å². The van der Waals surface area contributed by atoms with Crippen LogP contribution in [0.1, 0.15) is 51.9 Å². The fourth-order valence-corrected chi connectivity index (χ4v) is 2.65. The fourth-order valence-electron chi connectivity index (χ4n) is 2.31. The zero-order chi connectivity index (χ0) is 14.4. The lowest BCUT2D eigenvalue weighted by Gasteiger charge is -2.20. The molecule has 1 aromatic rings. The Balaban J connectivity index is 2.86. The molecule has 5 heteroatoms. The number of nitrogens with one attached hydrogen (secondary N) is 1. The smallest absolute Gasteiger partial charge is 0.0850 e. The predicted octanol–water partition coefficient (Wildman–Crippen LogP) is 2.93. The minimum Gasteiger partial charge on any atom is -0.271 e. The second-order valence-electron chi connectivity index (χ2n) is 5.19. The van der Waals surface area contributed by atoms with Gasteiger partial charge in [-0.05, 0) is 25.7 Å². The summed E-state index contributed by atoms with van der Waals surface area (Å²) >= 11 is 6.43. The molecule has 3 N–H and O–H groups in total. The number of halogens is 1. The van der Waals surface area contributed by atoms with Gasteiger partial charge in [-0.15, -0.1) is 0 Å². The molecular weight excluding hydrogens is 260 g/mol. The fraction of sp³-hybridized carbons (Fsp3) is 0.786. The summed E-state index contributed by atoms with van der Waals surface area (Å²) in [5, 5.41) is 5.36. The van der Waals surface area contributed by atoms with Gasteiger partial charge < -0.3 is 0 Å². The highest BCUT2D eigenvalue weighted by molar-refractivity contribution is 6.31. The van der Waals surface area contributed by atoms with Gasteiger partial charge in [-0.1, -0.05) is 38.8 Å². The summed E-state index contributed by atoms with van der Waals surface area (Å²) in [6, 6.07) is 0.249. The van der Waals surface area contributed by atoms with E-state index in [-0.39, 0.29) is 6.04 Å². The third kappa shape index (κ3) is 4.20. The zero-order valence-corrected chi connectivity index (χ0v) is 13.3. The second-order valence-corrected chi connectivity index (χ2v) is 5.57. The summed E-state index contributed by atoms with van der Waals surface area (Å²) < 4.78 is 2.00. The summed E-state index contributed by atoms with van der Waals surface area (Å²) in [6.07, 6.45) is 3.92. The Morgan fingerprint density at radius 2 is 2.05 bits per heavy atom. The second kappa shape index (κ2) is 7.88. The number of nitrogens with two attached hydrogens (primary N) is 1. The molecule has 110 valence electrons. The van der Waals surface area contributed by atoms with Gasteiger partial charge in [0.1, 0.15) is 0 Å². The van der Waals surface area contributed by atoms with Gasteiger partial charge in [-0.25, -0.2) is 0 Å². The first kappa shape index (κ1) is 16.5. The summed E-state index contributed by atoms with van der Waals surface area (Å²) in [4.78, 5) is 0. The number of hydrazine groups is 1. The molecule has 0 radical (unpaired) electrons. The first-order chi connectivity index (χ1) is 9.07. The highest BCUT2D eigenvalue weighted by Crippen LogP contribution is 2.24. The predicted molar refractivity (Wildman–Crippen MR) is 81.2 cm³/mol. The van der Waals surface area contributed by atoms with E-state index in [0.29, 0.717) is 5.92 Å². The normalized spacial score (nSPS) is 14.6. The summed E-state index contributed by atoms with van der Waals surface area (Å²) in [5.41, 5.74) is 5.01. The van der Waals surface area contributed by atoms with Crippen molar-refractivity contribution in [3.05, 3.63) is 16.4 Å². The lowest BCUT2D eigenvalue weighted by Crippen LogP contribution is -2.38. The number of hydrogen-bond acceptors (Lipinski definition) is 3. The SMILES string of the molecule is CCc1nn(CC)c(CC(CC(C)CC)NN)c1Cl. The monoisotopic (exact) mass is 286 g/mol. The van der Waals surface area contributed by atoms with Crippen LogP contribution < -0.4 is 11.3 Å². The number of aryl methyl sites for hydroxylation is 2. The molecule has 0 saturated heterocycles. The molecule has 2 atom stereocenters. The van der Waals surface area contributed by atoms with Crippen LogP contribution in [0.15, 0.2) is 0 Å². The van der Waals surface area contributed by atoms with Crippen molar-refractivity contribution in [3.63, 3.8) is 0 Å². The van der Waals surface area contributed by atoms with Crippen molar-refractivity contribution in [2.24, 2.45) is 11.8 Å². The Labute approximate surface area is 121 Å². The molecule has 0 aliphatic rings. The molecule has 0 bridgehead atoms. The van der Waals surface area contributed by atoms with Crippen molar-refractivity contribution >= 4 is 11.6 Å². The van der Waals surface area contributed by atoms with E-state index in [2.05, 4.69) is 38.2 Å². The van der Waals surface area contributed by atoms with E-state index in [0.717, 1.165) is 42.2 Å². The van der Waals surface area contributed by atoms with E-state index in [1.54, 1.807) is 0 Å². The van der Waals surface area contributed by atoms with Gasteiger partial charge in [0, 0.05) is 19.0 Å². The van der Waals surface area contributed by atoms with Crippen LogP contribution in [-0.4, -0.2) is 15.8 Å². The molecule has 2 unspecified atom stereocenters. The molecule has 0 spiro atoms. The summed E-state index contributed by atoms with van der Waals surface area (Å²) in [6.45, 7) is 9.47. The van der Waals surface area contributed by atoms with E-state index in [4.69, 9.17) is 17.4 Å². The van der Waals surface area contributed by atoms with Crippen molar-refractivity contribution in [1.82, 2.24) is 15.2 Å². The van der Waals surface area contributed by atoms with Crippen LogP contribution in [0.3, 0.4) is 0 Å². The van der Waals surface area contributed by atoms with Crippen molar-refractivity contribution < 1.29 is 0 Å². The Morgan fingerprint density at radius 3 is 2.53 bits per heavy atom. The van der Waals surface area contributed by atoms with E-state index in [9.17, 15) is 0 Å². The maximum absolute atomic E-state index is 6.43. The first-order valence-corrected chi connectivity index (χ1v) is 7.65. The molecule has 1 rings (SSSR count). The Kier molecular flexibility index (Phi) is 6.83. The minimum atomic E-state index is 0.249. The summed E-state index contributed by atoms with van der Waals surface area (Å²) in [5.74, 6) is 6.34. The van der Waals surface area contributed by atoms with Gasteiger partial charge in [-0.3, -0.25) is 16.0 Å². The maximum Gasteiger partial charge on any atom is 0.0850 e. The molecular formula is C14H27ClN4.